The highest BCUT2D eigenvalue weighted by atomic mass is 16.5. The number of aromatic nitrogens is 2. The summed E-state index contributed by atoms with van der Waals surface area (Å²) in [4.78, 5) is 8.68. The number of hydrogen-bond donors (Lipinski definition) is 3. The van der Waals surface area contributed by atoms with Gasteiger partial charge in [-0.2, -0.15) is 4.98 Å². The lowest BCUT2D eigenvalue weighted by Crippen LogP contribution is -2.13. The molecule has 0 spiro atoms. The number of ether oxygens (including phenoxy) is 4. The molecule has 0 amide bonds. The first kappa shape index (κ1) is 22.0. The predicted molar refractivity (Wildman–Crippen MR) is 118 cm³/mol. The summed E-state index contributed by atoms with van der Waals surface area (Å²) in [5.74, 6) is 3.15. The second-order valence-electron chi connectivity index (χ2n) is 6.48. The van der Waals surface area contributed by atoms with Crippen molar-refractivity contribution in [2.24, 2.45) is 0 Å². The maximum atomic E-state index is 10.5. The zero-order chi connectivity index (χ0) is 22.2. The molecule has 1 atom stereocenters. The molecule has 1 aromatic heterocycles. The number of anilines is 3. The second kappa shape index (κ2) is 10.4. The fraction of sp³-hybridized carbons (Fsp3) is 0.273. The van der Waals surface area contributed by atoms with E-state index in [1.165, 1.54) is 0 Å². The predicted octanol–water partition coefficient (Wildman–Crippen LogP) is 3.40. The normalized spacial score (nSPS) is 11.4. The van der Waals surface area contributed by atoms with Gasteiger partial charge in [-0.05, 0) is 23.8 Å². The Hall–Kier alpha value is -3.72. The number of benzene rings is 2. The number of nitrogens with zero attached hydrogens (tertiary/aromatic N) is 2. The minimum Gasteiger partial charge on any atom is -0.497 e. The topological polar surface area (TPSA) is 107 Å². The molecule has 0 radical (unpaired) electrons. The molecule has 3 N–H and O–H groups in total. The van der Waals surface area contributed by atoms with Crippen LogP contribution in [0, 0.1) is 0 Å². The molecule has 3 rings (SSSR count). The molecule has 1 unspecified atom stereocenters. The molecular weight excluding hydrogens is 400 g/mol. The average molecular weight is 426 g/mol. The van der Waals surface area contributed by atoms with E-state index in [1.807, 2.05) is 18.2 Å². The van der Waals surface area contributed by atoms with Gasteiger partial charge in [0.25, 0.3) is 0 Å². The van der Waals surface area contributed by atoms with Gasteiger partial charge in [0.15, 0.2) is 11.5 Å². The summed E-state index contributed by atoms with van der Waals surface area (Å²) in [5, 5.41) is 16.7. The molecule has 2 aromatic carbocycles. The molecule has 1 heterocycles. The van der Waals surface area contributed by atoms with Crippen molar-refractivity contribution in [3.05, 3.63) is 54.2 Å². The van der Waals surface area contributed by atoms with E-state index in [1.54, 1.807) is 58.9 Å². The van der Waals surface area contributed by atoms with Crippen LogP contribution in [0.4, 0.5) is 17.5 Å². The fourth-order valence-corrected chi connectivity index (χ4v) is 2.97. The Labute approximate surface area is 181 Å². The van der Waals surface area contributed by atoms with Gasteiger partial charge < -0.3 is 34.7 Å². The zero-order valence-electron chi connectivity index (χ0n) is 17.9. The Morgan fingerprint density at radius 2 is 1.68 bits per heavy atom. The van der Waals surface area contributed by atoms with E-state index in [0.29, 0.717) is 40.5 Å². The Morgan fingerprint density at radius 1 is 0.935 bits per heavy atom. The molecule has 0 aliphatic heterocycles. The third-order valence-corrected chi connectivity index (χ3v) is 4.53. The van der Waals surface area contributed by atoms with Gasteiger partial charge in [0.1, 0.15) is 11.6 Å². The molecule has 164 valence electrons. The monoisotopic (exact) mass is 426 g/mol. The standard InChI is InChI=1S/C22H26N4O5/c1-28-16-7-5-6-14(10-16)17(27)13-24-20-8-9-23-22(26-20)25-15-11-18(29-2)21(31-4)19(12-15)30-3/h5-12,17,27H,13H2,1-4H3,(H2,23,24,25,26). The smallest absolute Gasteiger partial charge is 0.229 e. The summed E-state index contributed by atoms with van der Waals surface area (Å²) in [6.45, 7) is 0.272. The van der Waals surface area contributed by atoms with Crippen molar-refractivity contribution in [3.8, 4) is 23.0 Å². The van der Waals surface area contributed by atoms with Crippen LogP contribution in [0.15, 0.2) is 48.7 Å². The third-order valence-electron chi connectivity index (χ3n) is 4.53. The van der Waals surface area contributed by atoms with Crippen LogP contribution in [-0.4, -0.2) is 50.1 Å². The van der Waals surface area contributed by atoms with Crippen molar-refractivity contribution in [1.82, 2.24) is 9.97 Å². The van der Waals surface area contributed by atoms with Crippen LogP contribution in [0.2, 0.25) is 0 Å². The molecular formula is C22H26N4O5. The maximum Gasteiger partial charge on any atom is 0.229 e. The van der Waals surface area contributed by atoms with E-state index in [0.717, 1.165) is 5.56 Å². The maximum absolute atomic E-state index is 10.5. The van der Waals surface area contributed by atoms with Crippen LogP contribution in [0.3, 0.4) is 0 Å². The van der Waals surface area contributed by atoms with Gasteiger partial charge in [-0.15, -0.1) is 0 Å². The van der Waals surface area contributed by atoms with E-state index in [9.17, 15) is 5.11 Å². The highest BCUT2D eigenvalue weighted by Gasteiger charge is 2.14. The quantitative estimate of drug-likeness (QED) is 0.450. The average Bonchev–Trinajstić information content (AvgIpc) is 2.82. The Morgan fingerprint density at radius 3 is 2.32 bits per heavy atom. The Bertz CT molecular complexity index is 990. The van der Waals surface area contributed by atoms with Crippen molar-refractivity contribution in [1.29, 1.82) is 0 Å². The summed E-state index contributed by atoms with van der Waals surface area (Å²) >= 11 is 0. The van der Waals surface area contributed by atoms with E-state index in [4.69, 9.17) is 18.9 Å². The van der Waals surface area contributed by atoms with Crippen LogP contribution in [-0.2, 0) is 0 Å². The van der Waals surface area contributed by atoms with Gasteiger partial charge in [-0.25, -0.2) is 4.98 Å². The molecule has 0 saturated carbocycles. The van der Waals surface area contributed by atoms with E-state index in [-0.39, 0.29) is 6.54 Å². The fourth-order valence-electron chi connectivity index (χ4n) is 2.97. The van der Waals surface area contributed by atoms with Crippen molar-refractivity contribution in [3.63, 3.8) is 0 Å². The van der Waals surface area contributed by atoms with Gasteiger partial charge in [-0.3, -0.25) is 0 Å². The first-order chi connectivity index (χ1) is 15.1. The molecule has 9 heteroatoms. The van der Waals surface area contributed by atoms with Gasteiger partial charge >= 0.3 is 0 Å². The van der Waals surface area contributed by atoms with Crippen molar-refractivity contribution >= 4 is 17.5 Å². The number of aliphatic hydroxyl groups excluding tert-OH is 1. The van der Waals surface area contributed by atoms with Crippen LogP contribution >= 0.6 is 0 Å². The first-order valence-electron chi connectivity index (χ1n) is 9.54. The highest BCUT2D eigenvalue weighted by Crippen LogP contribution is 2.40. The zero-order valence-corrected chi connectivity index (χ0v) is 17.9. The molecule has 0 aliphatic carbocycles. The summed E-state index contributed by atoms with van der Waals surface area (Å²) in [5.41, 5.74) is 1.42. The molecule has 0 bridgehead atoms. The molecule has 9 nitrogen and oxygen atoms in total. The minimum atomic E-state index is -0.725. The second-order valence-corrected chi connectivity index (χ2v) is 6.48. The molecule has 3 aromatic rings. The molecule has 0 fully saturated rings. The summed E-state index contributed by atoms with van der Waals surface area (Å²) in [6, 6.07) is 12.5. The number of rotatable bonds is 10. The van der Waals surface area contributed by atoms with Crippen molar-refractivity contribution < 1.29 is 24.1 Å². The van der Waals surface area contributed by atoms with Crippen LogP contribution in [0.25, 0.3) is 0 Å². The van der Waals surface area contributed by atoms with Crippen LogP contribution in [0.1, 0.15) is 11.7 Å². The van der Waals surface area contributed by atoms with Crippen molar-refractivity contribution in [2.45, 2.75) is 6.10 Å². The molecule has 0 aliphatic rings. The molecule has 31 heavy (non-hydrogen) atoms. The SMILES string of the molecule is COc1cccc(C(O)CNc2ccnc(Nc3cc(OC)c(OC)c(OC)c3)n2)c1. The van der Waals surface area contributed by atoms with Crippen LogP contribution < -0.4 is 29.6 Å². The molecule has 0 saturated heterocycles. The lowest BCUT2D eigenvalue weighted by atomic mass is 10.1. The summed E-state index contributed by atoms with van der Waals surface area (Å²) in [7, 11) is 6.24. The summed E-state index contributed by atoms with van der Waals surface area (Å²) < 4.78 is 21.3. The first-order valence-corrected chi connectivity index (χ1v) is 9.54. The van der Waals surface area contributed by atoms with E-state index < -0.39 is 6.10 Å². The third kappa shape index (κ3) is 5.46. The number of hydrogen-bond acceptors (Lipinski definition) is 9. The van der Waals surface area contributed by atoms with Crippen LogP contribution in [0.5, 0.6) is 23.0 Å². The number of nitrogens with one attached hydrogen (secondary N) is 2. The lowest BCUT2D eigenvalue weighted by molar-refractivity contribution is 0.191. The van der Waals surface area contributed by atoms with Crippen molar-refractivity contribution in [2.75, 3.05) is 45.6 Å². The Kier molecular flexibility index (Phi) is 7.34. The van der Waals surface area contributed by atoms with Gasteiger partial charge in [0.05, 0.1) is 34.5 Å². The number of aliphatic hydroxyl groups is 1. The van der Waals surface area contributed by atoms with E-state index in [2.05, 4.69) is 20.6 Å². The minimum absolute atomic E-state index is 0.272. The summed E-state index contributed by atoms with van der Waals surface area (Å²) in [6.07, 6.45) is 0.893. The lowest BCUT2D eigenvalue weighted by Gasteiger charge is -2.15. The Balaban J connectivity index is 1.70. The van der Waals surface area contributed by atoms with Gasteiger partial charge in [0, 0.05) is 30.6 Å². The number of methoxy groups -OCH3 is 4. The van der Waals surface area contributed by atoms with E-state index >= 15 is 0 Å². The largest absolute Gasteiger partial charge is 0.497 e. The van der Waals surface area contributed by atoms with Gasteiger partial charge in [0.2, 0.25) is 11.7 Å². The van der Waals surface area contributed by atoms with Gasteiger partial charge in [-0.1, -0.05) is 12.1 Å². The highest BCUT2D eigenvalue weighted by molar-refractivity contribution is 5.66.